The minimum absolute atomic E-state index is 0. The van der Waals surface area contributed by atoms with Gasteiger partial charge in [0, 0.05) is 12.3 Å². The summed E-state index contributed by atoms with van der Waals surface area (Å²) in [4.78, 5) is 7.10. The van der Waals surface area contributed by atoms with Crippen LogP contribution in [-0.4, -0.2) is 18.2 Å². The highest BCUT2D eigenvalue weighted by molar-refractivity contribution is 5.76. The van der Waals surface area contributed by atoms with E-state index in [1.165, 1.54) is 6.20 Å². The van der Waals surface area contributed by atoms with Gasteiger partial charge in [-0.2, -0.15) is 0 Å². The van der Waals surface area contributed by atoms with E-state index in [9.17, 15) is 0 Å². The Hall–Kier alpha value is -2.52. The maximum absolute atomic E-state index is 8.99. The van der Waals surface area contributed by atoms with E-state index >= 15 is 0 Å². The van der Waals surface area contributed by atoms with Crippen LogP contribution >= 0.6 is 0 Å². The SMILES string of the molecule is COc1ccc(OC(C)C)cc1Nc1ccncc1[N+]#N.[Cl-]. The summed E-state index contributed by atoms with van der Waals surface area (Å²) in [7, 11) is 1.59. The van der Waals surface area contributed by atoms with E-state index < -0.39 is 0 Å². The number of aromatic nitrogens is 1. The Morgan fingerprint density at radius 2 is 2.00 bits per heavy atom. The van der Waals surface area contributed by atoms with Crippen LogP contribution in [0.25, 0.3) is 4.98 Å². The van der Waals surface area contributed by atoms with Gasteiger partial charge in [0.05, 0.1) is 18.9 Å². The second-order valence-electron chi connectivity index (χ2n) is 4.65. The molecule has 0 unspecified atom stereocenters. The molecule has 22 heavy (non-hydrogen) atoms. The molecule has 0 radical (unpaired) electrons. The predicted octanol–water partition coefficient (Wildman–Crippen LogP) is 1.11. The van der Waals surface area contributed by atoms with Gasteiger partial charge in [0.15, 0.2) is 4.98 Å². The number of nitrogens with zero attached hydrogens (tertiary/aromatic N) is 3. The van der Waals surface area contributed by atoms with Crippen molar-refractivity contribution >= 4 is 17.1 Å². The number of anilines is 2. The maximum Gasteiger partial charge on any atom is 0.426 e. The number of ether oxygens (including phenoxy) is 2. The van der Waals surface area contributed by atoms with E-state index in [-0.39, 0.29) is 18.5 Å². The van der Waals surface area contributed by atoms with Crippen LogP contribution in [0.15, 0.2) is 36.7 Å². The smallest absolute Gasteiger partial charge is 0.426 e. The lowest BCUT2D eigenvalue weighted by Gasteiger charge is -2.14. The van der Waals surface area contributed by atoms with Crippen LogP contribution in [-0.2, 0) is 0 Å². The largest absolute Gasteiger partial charge is 1.00 e. The van der Waals surface area contributed by atoms with Gasteiger partial charge < -0.3 is 27.2 Å². The Morgan fingerprint density at radius 3 is 2.64 bits per heavy atom. The molecule has 0 atom stereocenters. The van der Waals surface area contributed by atoms with Crippen molar-refractivity contribution in [1.29, 1.82) is 5.39 Å². The van der Waals surface area contributed by atoms with Crippen LogP contribution in [0.4, 0.5) is 17.1 Å². The molecule has 1 N–H and O–H groups in total. The molecule has 0 bridgehead atoms. The summed E-state index contributed by atoms with van der Waals surface area (Å²) in [5.41, 5.74) is 1.67. The summed E-state index contributed by atoms with van der Waals surface area (Å²) >= 11 is 0. The number of nitrogens with one attached hydrogen (secondary N) is 1. The fourth-order valence-corrected chi connectivity index (χ4v) is 1.85. The minimum atomic E-state index is 0. The highest BCUT2D eigenvalue weighted by Crippen LogP contribution is 2.34. The van der Waals surface area contributed by atoms with Gasteiger partial charge in [-0.25, -0.2) is 0 Å². The Kier molecular flexibility index (Phi) is 6.42. The second kappa shape index (κ2) is 8.05. The summed E-state index contributed by atoms with van der Waals surface area (Å²) in [5, 5.41) is 12.1. The van der Waals surface area contributed by atoms with Crippen LogP contribution in [0.1, 0.15) is 13.8 Å². The molecule has 0 aliphatic rings. The Bertz CT molecular complexity index is 671. The van der Waals surface area contributed by atoms with E-state index in [0.29, 0.717) is 22.8 Å². The first-order valence-corrected chi connectivity index (χ1v) is 6.55. The van der Waals surface area contributed by atoms with Crippen LogP contribution in [0.5, 0.6) is 11.5 Å². The minimum Gasteiger partial charge on any atom is -1.00 e. The highest BCUT2D eigenvalue weighted by atomic mass is 35.5. The molecule has 2 aromatic rings. The van der Waals surface area contributed by atoms with Crippen molar-refractivity contribution in [2.45, 2.75) is 20.0 Å². The van der Waals surface area contributed by atoms with Crippen molar-refractivity contribution in [1.82, 2.24) is 4.98 Å². The molecule has 1 aromatic heterocycles. The average molecular weight is 321 g/mol. The van der Waals surface area contributed by atoms with Gasteiger partial charge >= 0.3 is 5.69 Å². The average Bonchev–Trinajstić information content (AvgIpc) is 2.47. The van der Waals surface area contributed by atoms with Gasteiger partial charge in [-0.3, -0.25) is 4.98 Å². The summed E-state index contributed by atoms with van der Waals surface area (Å²) in [6, 6.07) is 7.20. The van der Waals surface area contributed by atoms with Crippen molar-refractivity contribution in [3.05, 3.63) is 41.6 Å². The molecule has 6 nitrogen and oxygen atoms in total. The van der Waals surface area contributed by atoms with Gasteiger partial charge in [0.25, 0.3) is 0 Å². The van der Waals surface area contributed by atoms with Crippen LogP contribution < -0.4 is 27.2 Å². The maximum atomic E-state index is 8.99. The zero-order chi connectivity index (χ0) is 15.2. The molecule has 116 valence electrons. The highest BCUT2D eigenvalue weighted by Gasteiger charge is 2.15. The van der Waals surface area contributed by atoms with Crippen LogP contribution in [0, 0.1) is 5.39 Å². The van der Waals surface area contributed by atoms with E-state index in [1.807, 2.05) is 32.0 Å². The molecule has 1 aromatic carbocycles. The van der Waals surface area contributed by atoms with Crippen molar-refractivity contribution in [2.24, 2.45) is 0 Å². The number of rotatable bonds is 5. The van der Waals surface area contributed by atoms with E-state index in [0.717, 1.165) is 5.75 Å². The summed E-state index contributed by atoms with van der Waals surface area (Å²) in [6.45, 7) is 3.92. The second-order valence-corrected chi connectivity index (χ2v) is 4.65. The number of benzene rings is 1. The lowest BCUT2D eigenvalue weighted by molar-refractivity contribution is -0.00000613. The lowest BCUT2D eigenvalue weighted by atomic mass is 10.2. The van der Waals surface area contributed by atoms with Gasteiger partial charge in [-0.15, -0.1) is 0 Å². The van der Waals surface area contributed by atoms with Gasteiger partial charge in [0.1, 0.15) is 23.4 Å². The van der Waals surface area contributed by atoms with Gasteiger partial charge in [-0.05, 0) is 32.0 Å². The first kappa shape index (κ1) is 17.5. The number of pyridine rings is 1. The lowest BCUT2D eigenvalue weighted by Crippen LogP contribution is -3.00. The molecule has 1 heterocycles. The molecule has 0 amide bonds. The predicted molar refractivity (Wildman–Crippen MR) is 81.0 cm³/mol. The first-order chi connectivity index (χ1) is 10.1. The van der Waals surface area contributed by atoms with Crippen molar-refractivity contribution in [2.75, 3.05) is 12.4 Å². The Labute approximate surface area is 135 Å². The zero-order valence-electron chi connectivity index (χ0n) is 12.6. The van der Waals surface area contributed by atoms with Gasteiger partial charge in [-0.1, -0.05) is 0 Å². The third kappa shape index (κ3) is 4.24. The molecule has 0 saturated heterocycles. The standard InChI is InChI=1S/C15H17N4O2.ClH/c1-10(2)21-11-4-5-15(20-3)13(8-11)18-12-6-7-17-9-14(12)19-16;/h4-10H,1-3H3,(H,17,18);1H/q+1;/p-1. The molecule has 0 spiro atoms. The monoisotopic (exact) mass is 320 g/mol. The molecular weight excluding hydrogens is 304 g/mol. The number of diazo groups is 1. The summed E-state index contributed by atoms with van der Waals surface area (Å²) in [6.07, 6.45) is 3.15. The fourth-order valence-electron chi connectivity index (χ4n) is 1.85. The molecule has 7 heteroatoms. The number of methoxy groups -OCH3 is 1. The quantitative estimate of drug-likeness (QED) is 0.836. The molecule has 0 saturated carbocycles. The number of hydrogen-bond donors (Lipinski definition) is 1. The molecule has 2 rings (SSSR count). The van der Waals surface area contributed by atoms with Crippen LogP contribution in [0.2, 0.25) is 0 Å². The Balaban J connectivity index is 0.00000242. The number of hydrogen-bond acceptors (Lipinski definition) is 5. The molecular formula is C15H17ClN4O2. The van der Waals surface area contributed by atoms with Crippen molar-refractivity contribution in [3.8, 4) is 11.5 Å². The topological polar surface area (TPSA) is 71.5 Å². The zero-order valence-corrected chi connectivity index (χ0v) is 13.3. The third-order valence-corrected chi connectivity index (χ3v) is 2.72. The van der Waals surface area contributed by atoms with Crippen molar-refractivity contribution < 1.29 is 21.9 Å². The van der Waals surface area contributed by atoms with E-state index in [1.54, 1.807) is 19.4 Å². The summed E-state index contributed by atoms with van der Waals surface area (Å²) in [5.74, 6) is 1.39. The molecule has 0 aliphatic heterocycles. The van der Waals surface area contributed by atoms with Gasteiger partial charge in [0.2, 0.25) is 5.39 Å². The normalized spacial score (nSPS) is 9.59. The first-order valence-electron chi connectivity index (χ1n) is 6.55. The van der Waals surface area contributed by atoms with E-state index in [2.05, 4.69) is 15.3 Å². The van der Waals surface area contributed by atoms with Crippen LogP contribution in [0.3, 0.4) is 0 Å². The molecule has 0 fully saturated rings. The third-order valence-electron chi connectivity index (χ3n) is 2.72. The van der Waals surface area contributed by atoms with Crippen molar-refractivity contribution in [3.63, 3.8) is 0 Å². The fraction of sp³-hybridized carbons (Fsp3) is 0.267. The number of halogens is 1. The Morgan fingerprint density at radius 1 is 1.23 bits per heavy atom. The molecule has 0 aliphatic carbocycles. The van der Waals surface area contributed by atoms with E-state index in [4.69, 9.17) is 14.9 Å². The summed E-state index contributed by atoms with van der Waals surface area (Å²) < 4.78 is 11.0.